The highest BCUT2D eigenvalue weighted by Gasteiger charge is 2.43. The number of alkyl halides is 9. The second kappa shape index (κ2) is 11.6. The summed E-state index contributed by atoms with van der Waals surface area (Å²) in [6.45, 7) is 2.79. The number of piperidine rings is 1. The lowest BCUT2D eigenvalue weighted by Gasteiger charge is -2.37. The average Bonchev–Trinajstić information content (AvgIpc) is 2.96. The zero-order valence-electron chi connectivity index (χ0n) is 22.5. The number of hydrogen-bond acceptors (Lipinski definition) is 6. The summed E-state index contributed by atoms with van der Waals surface area (Å²) in [6.07, 6.45) is -12.8. The number of nitrogens with zero attached hydrogens (tertiary/aromatic N) is 5. The smallest absolute Gasteiger partial charge is 0.417 e. The summed E-state index contributed by atoms with van der Waals surface area (Å²) >= 11 is 0. The summed E-state index contributed by atoms with van der Waals surface area (Å²) in [6, 6.07) is 8.75. The van der Waals surface area contributed by atoms with Gasteiger partial charge in [0.15, 0.2) is 0 Å². The van der Waals surface area contributed by atoms with Gasteiger partial charge in [-0.1, -0.05) is 0 Å². The highest BCUT2D eigenvalue weighted by Crippen LogP contribution is 2.42. The van der Waals surface area contributed by atoms with Crippen molar-refractivity contribution >= 4 is 17.2 Å². The fraction of sp³-hybridized carbons (Fsp3) is 0.429. The van der Waals surface area contributed by atoms with Crippen molar-refractivity contribution in [2.75, 3.05) is 54.0 Å². The van der Waals surface area contributed by atoms with Crippen LogP contribution in [-0.4, -0.2) is 55.3 Å². The normalized spacial score (nSPS) is 17.4. The second-order valence-corrected chi connectivity index (χ2v) is 10.3. The van der Waals surface area contributed by atoms with Crippen LogP contribution in [0.3, 0.4) is 0 Å². The van der Waals surface area contributed by atoms with E-state index in [2.05, 4.69) is 9.97 Å². The zero-order chi connectivity index (χ0) is 31.0. The lowest BCUT2D eigenvalue weighted by atomic mass is 10.0. The van der Waals surface area contributed by atoms with Gasteiger partial charge in [-0.15, -0.1) is 0 Å². The van der Waals surface area contributed by atoms with Crippen molar-refractivity contribution in [3.8, 4) is 5.88 Å². The number of aromatic nitrogens is 2. The van der Waals surface area contributed by atoms with Crippen LogP contribution in [0.5, 0.6) is 5.88 Å². The van der Waals surface area contributed by atoms with Crippen LogP contribution >= 0.6 is 0 Å². The Kier molecular flexibility index (Phi) is 8.27. The third-order valence-electron chi connectivity index (χ3n) is 7.50. The Hall–Kier alpha value is -3.91. The monoisotopic (exact) mass is 619 g/mol. The minimum absolute atomic E-state index is 0.0542. The van der Waals surface area contributed by atoms with Crippen molar-refractivity contribution in [3.05, 3.63) is 71.5 Å². The van der Waals surface area contributed by atoms with Crippen LogP contribution in [0, 0.1) is 0 Å². The van der Waals surface area contributed by atoms with Crippen molar-refractivity contribution in [2.45, 2.75) is 37.5 Å². The van der Waals surface area contributed by atoms with E-state index in [0.717, 1.165) is 18.2 Å². The van der Waals surface area contributed by atoms with Gasteiger partial charge in [-0.25, -0.2) is 9.97 Å². The molecule has 2 fully saturated rings. The summed E-state index contributed by atoms with van der Waals surface area (Å²) in [5, 5.41) is 0. The zero-order valence-corrected chi connectivity index (χ0v) is 22.5. The first kappa shape index (κ1) is 30.5. The van der Waals surface area contributed by atoms with E-state index < -0.39 is 35.2 Å². The Morgan fingerprint density at radius 2 is 1.14 bits per heavy atom. The molecule has 3 aromatic rings. The summed E-state index contributed by atoms with van der Waals surface area (Å²) < 4.78 is 124. The fourth-order valence-electron chi connectivity index (χ4n) is 5.24. The van der Waals surface area contributed by atoms with E-state index in [1.165, 1.54) is 18.5 Å². The van der Waals surface area contributed by atoms with Gasteiger partial charge in [-0.2, -0.15) is 39.5 Å². The van der Waals surface area contributed by atoms with E-state index in [4.69, 9.17) is 4.74 Å². The second-order valence-electron chi connectivity index (χ2n) is 10.3. The first-order chi connectivity index (χ1) is 20.2. The summed E-state index contributed by atoms with van der Waals surface area (Å²) in [7, 11) is 0. The van der Waals surface area contributed by atoms with E-state index in [1.54, 1.807) is 11.0 Å². The van der Waals surface area contributed by atoms with Crippen molar-refractivity contribution in [3.63, 3.8) is 0 Å². The molecule has 0 N–H and O–H groups in total. The standard InChI is InChI=1S/C28H26F9N5O/c29-26(30,31)18-1-3-19(4-2-18)41-11-13-42(14-12-41)24-16-25(39-17-38-24)43-21-7-9-40(10-8-21)20-5-6-22(27(32,33)34)23(15-20)28(35,36)37/h1-6,15-17,21H,7-14H2. The molecule has 2 aliphatic heterocycles. The van der Waals surface area contributed by atoms with Gasteiger partial charge in [0, 0.05) is 69.6 Å². The molecule has 2 aliphatic rings. The van der Waals surface area contributed by atoms with Crippen molar-refractivity contribution in [1.82, 2.24) is 9.97 Å². The molecule has 15 heteroatoms. The lowest BCUT2D eigenvalue weighted by Crippen LogP contribution is -2.46. The highest BCUT2D eigenvalue weighted by atomic mass is 19.4. The molecule has 0 atom stereocenters. The molecule has 1 aromatic heterocycles. The van der Waals surface area contributed by atoms with Crippen LogP contribution in [0.1, 0.15) is 29.5 Å². The van der Waals surface area contributed by atoms with Gasteiger partial charge in [0.1, 0.15) is 18.2 Å². The van der Waals surface area contributed by atoms with Gasteiger partial charge >= 0.3 is 18.5 Å². The molecular formula is C28H26F9N5O. The molecule has 6 nitrogen and oxygen atoms in total. The Morgan fingerprint density at radius 3 is 1.72 bits per heavy atom. The quantitative estimate of drug-likeness (QED) is 0.290. The molecule has 0 saturated carbocycles. The third kappa shape index (κ3) is 7.19. The Labute approximate surface area is 240 Å². The molecule has 232 valence electrons. The molecule has 0 bridgehead atoms. The molecule has 0 radical (unpaired) electrons. The van der Waals surface area contributed by atoms with Gasteiger partial charge < -0.3 is 19.4 Å². The number of benzene rings is 2. The largest absolute Gasteiger partial charge is 0.474 e. The minimum Gasteiger partial charge on any atom is -0.474 e. The number of hydrogen-bond donors (Lipinski definition) is 0. The first-order valence-corrected chi connectivity index (χ1v) is 13.4. The van der Waals surface area contributed by atoms with E-state index in [-0.39, 0.29) is 24.9 Å². The van der Waals surface area contributed by atoms with Gasteiger partial charge in [0.2, 0.25) is 5.88 Å². The topological polar surface area (TPSA) is 44.7 Å². The van der Waals surface area contributed by atoms with Crippen LogP contribution in [0.2, 0.25) is 0 Å². The first-order valence-electron chi connectivity index (χ1n) is 13.4. The number of piperazine rings is 1. The summed E-state index contributed by atoms with van der Waals surface area (Å²) in [5.74, 6) is 0.918. The predicted molar refractivity (Wildman–Crippen MR) is 140 cm³/mol. The molecule has 0 amide bonds. The number of ether oxygens (including phenoxy) is 1. The molecule has 43 heavy (non-hydrogen) atoms. The van der Waals surface area contributed by atoms with Gasteiger partial charge in [-0.3, -0.25) is 0 Å². The van der Waals surface area contributed by atoms with E-state index in [0.29, 0.717) is 68.5 Å². The summed E-state index contributed by atoms with van der Waals surface area (Å²) in [4.78, 5) is 14.0. The maximum absolute atomic E-state index is 13.4. The lowest BCUT2D eigenvalue weighted by molar-refractivity contribution is -0.162. The van der Waals surface area contributed by atoms with Crippen LogP contribution < -0.4 is 19.4 Å². The van der Waals surface area contributed by atoms with Crippen molar-refractivity contribution in [2.24, 2.45) is 0 Å². The fourth-order valence-corrected chi connectivity index (χ4v) is 5.24. The van der Waals surface area contributed by atoms with Gasteiger partial charge in [-0.05, 0) is 42.5 Å². The molecule has 5 rings (SSSR count). The Balaban J connectivity index is 1.16. The van der Waals surface area contributed by atoms with Gasteiger partial charge in [0.25, 0.3) is 0 Å². The van der Waals surface area contributed by atoms with Crippen LogP contribution in [0.4, 0.5) is 56.7 Å². The van der Waals surface area contributed by atoms with E-state index in [1.807, 2.05) is 9.80 Å². The molecule has 2 saturated heterocycles. The van der Waals surface area contributed by atoms with Crippen LogP contribution in [-0.2, 0) is 18.5 Å². The number of halogens is 9. The molecule has 2 aromatic carbocycles. The highest BCUT2D eigenvalue weighted by molar-refractivity contribution is 5.53. The van der Waals surface area contributed by atoms with Crippen molar-refractivity contribution < 1.29 is 44.3 Å². The van der Waals surface area contributed by atoms with Crippen LogP contribution in [0.25, 0.3) is 0 Å². The molecule has 0 unspecified atom stereocenters. The van der Waals surface area contributed by atoms with E-state index >= 15 is 0 Å². The third-order valence-corrected chi connectivity index (χ3v) is 7.50. The average molecular weight is 620 g/mol. The SMILES string of the molecule is FC(F)(F)c1ccc(N2CCN(c3cc(OC4CCN(c5ccc(C(F)(F)F)c(C(F)(F)F)c5)CC4)ncn3)CC2)cc1. The molecule has 0 aliphatic carbocycles. The number of rotatable bonds is 5. The maximum atomic E-state index is 13.4. The maximum Gasteiger partial charge on any atom is 0.417 e. The number of anilines is 3. The Morgan fingerprint density at radius 1 is 0.581 bits per heavy atom. The molecule has 3 heterocycles. The van der Waals surface area contributed by atoms with E-state index in [9.17, 15) is 39.5 Å². The van der Waals surface area contributed by atoms with Crippen LogP contribution in [0.15, 0.2) is 54.9 Å². The molecular weight excluding hydrogens is 593 g/mol. The van der Waals surface area contributed by atoms with Crippen molar-refractivity contribution in [1.29, 1.82) is 0 Å². The minimum atomic E-state index is -5.15. The molecule has 0 spiro atoms. The van der Waals surface area contributed by atoms with Gasteiger partial charge in [0.05, 0.1) is 16.7 Å². The Bertz CT molecular complexity index is 1390. The summed E-state index contributed by atoms with van der Waals surface area (Å²) in [5.41, 5.74) is -3.40. The predicted octanol–water partition coefficient (Wildman–Crippen LogP) is 6.91.